The molecule has 0 aliphatic heterocycles. The zero-order valence-electron chi connectivity index (χ0n) is 5.51. The fraction of sp³-hybridized carbons (Fsp3) is 0.500. The van der Waals surface area contributed by atoms with Crippen LogP contribution in [-0.4, -0.2) is 24.8 Å². The highest BCUT2D eigenvalue weighted by molar-refractivity contribution is 5.87. The largest absolute Gasteiger partial charge is 0.383 e. The van der Waals surface area contributed by atoms with E-state index < -0.39 is 0 Å². The normalized spacial score (nSPS) is 9.88. The summed E-state index contributed by atoms with van der Waals surface area (Å²) in [5.41, 5.74) is 0. The molecule has 2 nitrogen and oxygen atoms in total. The summed E-state index contributed by atoms with van der Waals surface area (Å²) < 4.78 is 0. The number of rotatable bonds is 2. The molecule has 46 valence electrons. The van der Waals surface area contributed by atoms with Gasteiger partial charge in [-0.25, -0.2) is 0 Å². The lowest BCUT2D eigenvalue weighted by atomic mass is 10.4. The Kier molecular flexibility index (Phi) is 2.92. The first-order valence-electron chi connectivity index (χ1n) is 2.48. The topological polar surface area (TPSA) is 20.3 Å². The minimum atomic E-state index is 0.0821. The standard InChI is InChI=1S/C6H11NO/c1-6(8)4-5-7(2)3/h4-5H,1-3H3/b5-4+. The third kappa shape index (κ3) is 5.21. The summed E-state index contributed by atoms with van der Waals surface area (Å²) in [4.78, 5) is 12.1. The molecule has 0 atom stereocenters. The lowest BCUT2D eigenvalue weighted by Crippen LogP contribution is -2.01. The van der Waals surface area contributed by atoms with Gasteiger partial charge in [-0.3, -0.25) is 4.79 Å². The lowest BCUT2D eigenvalue weighted by molar-refractivity contribution is -0.112. The van der Waals surface area contributed by atoms with E-state index in [1.807, 2.05) is 19.0 Å². The van der Waals surface area contributed by atoms with E-state index in [0.29, 0.717) is 0 Å². The van der Waals surface area contributed by atoms with Gasteiger partial charge in [-0.2, -0.15) is 0 Å². The van der Waals surface area contributed by atoms with Crippen LogP contribution in [0.15, 0.2) is 12.3 Å². The predicted molar refractivity (Wildman–Crippen MR) is 33.5 cm³/mol. The molecular formula is C6H11NO. The predicted octanol–water partition coefficient (Wildman–Crippen LogP) is 0.651. The van der Waals surface area contributed by atoms with Crippen molar-refractivity contribution in [1.29, 1.82) is 0 Å². The van der Waals surface area contributed by atoms with Crippen molar-refractivity contribution in [2.45, 2.75) is 6.92 Å². The molecule has 0 saturated carbocycles. The molecule has 0 unspecified atom stereocenters. The number of carbonyl (C=O) groups is 1. The van der Waals surface area contributed by atoms with Gasteiger partial charge < -0.3 is 4.90 Å². The Morgan fingerprint density at radius 2 is 2.00 bits per heavy atom. The quantitative estimate of drug-likeness (QED) is 0.490. The van der Waals surface area contributed by atoms with Crippen LogP contribution in [0.25, 0.3) is 0 Å². The fourth-order valence-corrected chi connectivity index (χ4v) is 0.254. The van der Waals surface area contributed by atoms with E-state index in [-0.39, 0.29) is 5.78 Å². The summed E-state index contributed by atoms with van der Waals surface area (Å²) in [6.07, 6.45) is 3.25. The van der Waals surface area contributed by atoms with Crippen LogP contribution in [0.3, 0.4) is 0 Å². The van der Waals surface area contributed by atoms with Crippen molar-refractivity contribution in [1.82, 2.24) is 4.90 Å². The molecule has 0 aromatic heterocycles. The number of allylic oxidation sites excluding steroid dienone is 1. The van der Waals surface area contributed by atoms with Crippen molar-refractivity contribution < 1.29 is 4.79 Å². The highest BCUT2D eigenvalue weighted by atomic mass is 16.1. The minimum absolute atomic E-state index is 0.0821. The van der Waals surface area contributed by atoms with Gasteiger partial charge >= 0.3 is 0 Å². The van der Waals surface area contributed by atoms with Gasteiger partial charge in [0, 0.05) is 20.3 Å². The maximum atomic E-state index is 10.2. The van der Waals surface area contributed by atoms with E-state index in [1.54, 1.807) is 6.20 Å². The second kappa shape index (κ2) is 3.24. The van der Waals surface area contributed by atoms with Gasteiger partial charge in [0.25, 0.3) is 0 Å². The lowest BCUT2D eigenvalue weighted by Gasteiger charge is -2.00. The molecule has 0 aliphatic rings. The van der Waals surface area contributed by atoms with Crippen molar-refractivity contribution in [3.05, 3.63) is 12.3 Å². The van der Waals surface area contributed by atoms with E-state index in [9.17, 15) is 4.79 Å². The van der Waals surface area contributed by atoms with Gasteiger partial charge in [-0.15, -0.1) is 0 Å². The zero-order chi connectivity index (χ0) is 6.57. The molecule has 0 aromatic rings. The monoisotopic (exact) mass is 113 g/mol. The summed E-state index contributed by atoms with van der Waals surface area (Å²) in [5.74, 6) is 0.0821. The summed E-state index contributed by atoms with van der Waals surface area (Å²) in [7, 11) is 3.75. The smallest absolute Gasteiger partial charge is 0.154 e. The van der Waals surface area contributed by atoms with E-state index in [4.69, 9.17) is 0 Å². The van der Waals surface area contributed by atoms with Crippen LogP contribution in [0.5, 0.6) is 0 Å². The first kappa shape index (κ1) is 7.21. The molecule has 0 N–H and O–H groups in total. The third-order valence-corrected chi connectivity index (χ3v) is 0.607. The van der Waals surface area contributed by atoms with E-state index in [1.165, 1.54) is 13.0 Å². The Labute approximate surface area is 49.8 Å². The maximum absolute atomic E-state index is 10.2. The Bertz CT molecular complexity index is 105. The first-order chi connectivity index (χ1) is 3.63. The van der Waals surface area contributed by atoms with E-state index in [0.717, 1.165) is 0 Å². The molecule has 8 heavy (non-hydrogen) atoms. The molecule has 0 radical (unpaired) electrons. The summed E-state index contributed by atoms with van der Waals surface area (Å²) in [5, 5.41) is 0. The van der Waals surface area contributed by atoms with Crippen molar-refractivity contribution in [3.8, 4) is 0 Å². The highest BCUT2D eigenvalue weighted by Gasteiger charge is 1.79. The Morgan fingerprint density at radius 3 is 2.12 bits per heavy atom. The van der Waals surface area contributed by atoms with Gasteiger partial charge in [0.1, 0.15) is 0 Å². The van der Waals surface area contributed by atoms with Crippen molar-refractivity contribution in [2.75, 3.05) is 14.1 Å². The molecule has 0 bridgehead atoms. The molecule has 0 saturated heterocycles. The summed E-state index contributed by atoms with van der Waals surface area (Å²) in [6.45, 7) is 1.53. The Balaban J connectivity index is 3.50. The average molecular weight is 113 g/mol. The highest BCUT2D eigenvalue weighted by Crippen LogP contribution is 1.77. The maximum Gasteiger partial charge on any atom is 0.154 e. The van der Waals surface area contributed by atoms with Crippen LogP contribution in [0.2, 0.25) is 0 Å². The van der Waals surface area contributed by atoms with Gasteiger partial charge in [0.05, 0.1) is 0 Å². The molecule has 0 aromatic carbocycles. The van der Waals surface area contributed by atoms with Gasteiger partial charge in [0.2, 0.25) is 0 Å². The first-order valence-corrected chi connectivity index (χ1v) is 2.48. The van der Waals surface area contributed by atoms with Crippen LogP contribution < -0.4 is 0 Å². The number of ketones is 1. The van der Waals surface area contributed by atoms with Crippen molar-refractivity contribution >= 4 is 5.78 Å². The van der Waals surface area contributed by atoms with Crippen LogP contribution >= 0.6 is 0 Å². The number of carbonyl (C=O) groups excluding carboxylic acids is 1. The van der Waals surface area contributed by atoms with Crippen LogP contribution in [0, 0.1) is 0 Å². The van der Waals surface area contributed by atoms with Gasteiger partial charge in [-0.1, -0.05) is 0 Å². The average Bonchev–Trinajstić information content (AvgIpc) is 1.61. The van der Waals surface area contributed by atoms with Gasteiger partial charge in [-0.05, 0) is 13.0 Å². The Hall–Kier alpha value is -0.790. The molecule has 0 rings (SSSR count). The molecule has 0 amide bonds. The van der Waals surface area contributed by atoms with Crippen LogP contribution in [0.1, 0.15) is 6.92 Å². The molecule has 0 fully saturated rings. The second-order valence-electron chi connectivity index (χ2n) is 1.89. The van der Waals surface area contributed by atoms with Crippen molar-refractivity contribution in [3.63, 3.8) is 0 Å². The molecule has 0 spiro atoms. The summed E-state index contributed by atoms with van der Waals surface area (Å²) in [6, 6.07) is 0. The Morgan fingerprint density at radius 1 is 1.50 bits per heavy atom. The molecule has 0 heterocycles. The molecular weight excluding hydrogens is 102 g/mol. The summed E-state index contributed by atoms with van der Waals surface area (Å²) >= 11 is 0. The number of hydrogen-bond acceptors (Lipinski definition) is 2. The SMILES string of the molecule is CC(=O)/C=C/N(C)C. The second-order valence-corrected chi connectivity index (χ2v) is 1.89. The molecule has 2 heteroatoms. The fourth-order valence-electron chi connectivity index (χ4n) is 0.254. The number of nitrogens with zero attached hydrogens (tertiary/aromatic N) is 1. The number of hydrogen-bond donors (Lipinski definition) is 0. The van der Waals surface area contributed by atoms with Crippen molar-refractivity contribution in [2.24, 2.45) is 0 Å². The van der Waals surface area contributed by atoms with Crippen LogP contribution in [-0.2, 0) is 4.79 Å². The van der Waals surface area contributed by atoms with Gasteiger partial charge in [0.15, 0.2) is 5.78 Å². The molecule has 0 aliphatic carbocycles. The third-order valence-electron chi connectivity index (χ3n) is 0.607. The zero-order valence-corrected chi connectivity index (χ0v) is 5.51. The van der Waals surface area contributed by atoms with E-state index >= 15 is 0 Å². The van der Waals surface area contributed by atoms with Crippen LogP contribution in [0.4, 0.5) is 0 Å². The van der Waals surface area contributed by atoms with E-state index in [2.05, 4.69) is 0 Å². The minimum Gasteiger partial charge on any atom is -0.383 e.